The van der Waals surface area contributed by atoms with E-state index in [0.29, 0.717) is 42.4 Å². The lowest BCUT2D eigenvalue weighted by molar-refractivity contribution is -0.117. The SMILES string of the molecule is COc1cccc2cc(C(=O)C3=C(O)C(=O)N(c4nnc(SCc5ccc(Cl)cc5Cl)s4)C3c3ccc(Cl)c(Cl)c3)oc12. The van der Waals surface area contributed by atoms with Gasteiger partial charge < -0.3 is 14.3 Å². The number of fused-ring (bicyclic) bond motifs is 1. The smallest absolute Gasteiger partial charge is 0.296 e. The van der Waals surface area contributed by atoms with E-state index in [0.717, 1.165) is 16.9 Å². The van der Waals surface area contributed by atoms with Gasteiger partial charge in [-0.15, -0.1) is 10.2 Å². The number of nitrogens with zero attached hydrogens (tertiary/aromatic N) is 3. The number of methoxy groups -OCH3 is 1. The van der Waals surface area contributed by atoms with Crippen molar-refractivity contribution in [2.45, 2.75) is 16.1 Å². The predicted molar refractivity (Wildman–Crippen MR) is 169 cm³/mol. The Kier molecular flexibility index (Phi) is 8.34. The van der Waals surface area contributed by atoms with Crippen molar-refractivity contribution in [2.75, 3.05) is 12.0 Å². The number of Topliss-reactive ketones (excluding diaryl/α,β-unsaturated/α-hetero) is 1. The van der Waals surface area contributed by atoms with Crippen molar-refractivity contribution >= 4 is 97.3 Å². The number of aliphatic hydroxyl groups excluding tert-OH is 1. The normalized spacial score (nSPS) is 15.1. The first-order valence-corrected chi connectivity index (χ1v) is 15.7. The number of hydrogen-bond donors (Lipinski definition) is 1. The molecule has 0 aliphatic carbocycles. The average molecular weight is 693 g/mol. The third kappa shape index (κ3) is 5.59. The maximum Gasteiger partial charge on any atom is 0.296 e. The van der Waals surface area contributed by atoms with E-state index in [1.54, 1.807) is 42.5 Å². The van der Waals surface area contributed by atoms with Crippen molar-refractivity contribution in [1.29, 1.82) is 0 Å². The van der Waals surface area contributed by atoms with E-state index in [4.69, 9.17) is 55.6 Å². The Morgan fingerprint density at radius 3 is 2.60 bits per heavy atom. The van der Waals surface area contributed by atoms with Gasteiger partial charge in [0.2, 0.25) is 10.9 Å². The Balaban J connectivity index is 1.38. The summed E-state index contributed by atoms with van der Waals surface area (Å²) in [5.41, 5.74) is 1.40. The number of carbonyl (C=O) groups excluding carboxylic acids is 2. The van der Waals surface area contributed by atoms with E-state index in [-0.39, 0.29) is 26.5 Å². The summed E-state index contributed by atoms with van der Waals surface area (Å²) in [6.07, 6.45) is 0. The second kappa shape index (κ2) is 12.0. The monoisotopic (exact) mass is 691 g/mol. The molecular weight excluding hydrogens is 676 g/mol. The third-order valence-corrected chi connectivity index (χ3v) is 10.1. The van der Waals surface area contributed by atoms with Crippen LogP contribution in [0.25, 0.3) is 11.0 Å². The highest BCUT2D eigenvalue weighted by Gasteiger charge is 2.47. The molecule has 1 amide bonds. The molecule has 1 aliphatic heterocycles. The number of ether oxygens (including phenoxy) is 1. The summed E-state index contributed by atoms with van der Waals surface area (Å²) in [6.45, 7) is 0. The molecule has 3 aromatic carbocycles. The number of para-hydroxylation sites is 1. The molecule has 1 atom stereocenters. The van der Waals surface area contributed by atoms with Gasteiger partial charge >= 0.3 is 0 Å². The molecule has 0 bridgehead atoms. The van der Waals surface area contributed by atoms with Gasteiger partial charge in [0, 0.05) is 21.2 Å². The van der Waals surface area contributed by atoms with E-state index in [2.05, 4.69) is 10.2 Å². The Labute approximate surface area is 272 Å². The number of rotatable bonds is 8. The van der Waals surface area contributed by atoms with Crippen molar-refractivity contribution in [3.8, 4) is 5.75 Å². The standard InChI is InChI=1S/C29H17Cl4N3O5S2/c1-40-20-4-2-3-14-10-21(41-26(14)20)24(37)22-23(13-6-8-17(31)19(33)9-13)36(27(39)25(22)38)28-34-35-29(43-28)42-12-15-5-7-16(30)11-18(15)32/h2-11,23,38H,12H2,1H3. The number of benzene rings is 3. The molecule has 43 heavy (non-hydrogen) atoms. The molecule has 1 N–H and O–H groups in total. The highest BCUT2D eigenvalue weighted by atomic mass is 35.5. The Morgan fingerprint density at radius 2 is 1.86 bits per heavy atom. The van der Waals surface area contributed by atoms with Crippen LogP contribution in [0.5, 0.6) is 5.75 Å². The van der Waals surface area contributed by atoms with Crippen LogP contribution in [-0.2, 0) is 10.5 Å². The lowest BCUT2D eigenvalue weighted by Gasteiger charge is -2.24. The second-order valence-electron chi connectivity index (χ2n) is 9.21. The molecule has 1 unspecified atom stereocenters. The van der Waals surface area contributed by atoms with Crippen molar-refractivity contribution in [3.63, 3.8) is 0 Å². The molecule has 14 heteroatoms. The molecular formula is C29H17Cl4N3O5S2. The van der Waals surface area contributed by atoms with Gasteiger partial charge in [-0.1, -0.05) is 93.8 Å². The number of aliphatic hydroxyl groups is 1. The molecule has 1 aliphatic rings. The van der Waals surface area contributed by atoms with Crippen LogP contribution in [0, 0.1) is 0 Å². The first kappa shape index (κ1) is 29.8. The summed E-state index contributed by atoms with van der Waals surface area (Å²) in [4.78, 5) is 28.8. The quantitative estimate of drug-likeness (QED) is 0.0976. The molecule has 0 spiro atoms. The average Bonchev–Trinajstić information content (AvgIpc) is 3.70. The number of thioether (sulfide) groups is 1. The highest BCUT2D eigenvalue weighted by Crippen LogP contribution is 2.45. The zero-order chi connectivity index (χ0) is 30.4. The van der Waals surface area contributed by atoms with E-state index >= 15 is 0 Å². The summed E-state index contributed by atoms with van der Waals surface area (Å²) in [5.74, 6) is -1.46. The highest BCUT2D eigenvalue weighted by molar-refractivity contribution is 8.00. The summed E-state index contributed by atoms with van der Waals surface area (Å²) in [6, 6.07) is 15.5. The van der Waals surface area contributed by atoms with Gasteiger partial charge in [0.05, 0.1) is 28.8 Å². The van der Waals surface area contributed by atoms with E-state index in [1.807, 2.05) is 6.07 Å². The molecule has 0 saturated heterocycles. The van der Waals surface area contributed by atoms with Crippen molar-refractivity contribution in [2.24, 2.45) is 0 Å². The van der Waals surface area contributed by atoms with Crippen LogP contribution in [-0.4, -0.2) is 34.1 Å². The number of amides is 1. The topological polar surface area (TPSA) is 106 Å². The van der Waals surface area contributed by atoms with Crippen LogP contribution in [0.4, 0.5) is 5.13 Å². The predicted octanol–water partition coefficient (Wildman–Crippen LogP) is 8.98. The minimum atomic E-state index is -1.11. The number of carbonyl (C=O) groups is 2. The zero-order valence-corrected chi connectivity index (χ0v) is 26.5. The van der Waals surface area contributed by atoms with Gasteiger partial charge in [0.25, 0.3) is 5.91 Å². The molecule has 8 nitrogen and oxygen atoms in total. The van der Waals surface area contributed by atoms with Gasteiger partial charge in [-0.05, 0) is 47.5 Å². The molecule has 2 aromatic heterocycles. The summed E-state index contributed by atoms with van der Waals surface area (Å²) >= 11 is 27.3. The first-order chi connectivity index (χ1) is 20.7. The summed E-state index contributed by atoms with van der Waals surface area (Å²) in [7, 11) is 1.49. The molecule has 218 valence electrons. The second-order valence-corrected chi connectivity index (χ2v) is 13.0. The first-order valence-electron chi connectivity index (χ1n) is 12.4. The van der Waals surface area contributed by atoms with Gasteiger partial charge in [0.15, 0.2) is 27.2 Å². The molecule has 0 fully saturated rings. The fraction of sp³-hybridized carbons (Fsp3) is 0.103. The molecule has 6 rings (SSSR count). The summed E-state index contributed by atoms with van der Waals surface area (Å²) in [5, 5.41) is 21.9. The van der Waals surface area contributed by atoms with Crippen LogP contribution in [0.3, 0.4) is 0 Å². The fourth-order valence-electron chi connectivity index (χ4n) is 4.61. The number of hydrogen-bond acceptors (Lipinski definition) is 9. The van der Waals surface area contributed by atoms with Crippen LogP contribution in [0.15, 0.2) is 80.8 Å². The molecule has 3 heterocycles. The van der Waals surface area contributed by atoms with Crippen LogP contribution < -0.4 is 9.64 Å². The number of ketones is 1. The summed E-state index contributed by atoms with van der Waals surface area (Å²) < 4.78 is 11.8. The van der Waals surface area contributed by atoms with Gasteiger partial charge in [0.1, 0.15) is 0 Å². The number of halogens is 4. The Hall–Kier alpha value is -3.25. The van der Waals surface area contributed by atoms with Crippen molar-refractivity contribution in [3.05, 3.63) is 109 Å². The van der Waals surface area contributed by atoms with Crippen molar-refractivity contribution in [1.82, 2.24) is 10.2 Å². The lowest BCUT2D eigenvalue weighted by Crippen LogP contribution is -2.31. The Bertz CT molecular complexity index is 1960. The largest absolute Gasteiger partial charge is 0.503 e. The zero-order valence-electron chi connectivity index (χ0n) is 21.8. The van der Waals surface area contributed by atoms with Crippen LogP contribution >= 0.6 is 69.5 Å². The molecule has 0 radical (unpaired) electrons. The minimum absolute atomic E-state index is 0.0888. The Morgan fingerprint density at radius 1 is 1.05 bits per heavy atom. The number of anilines is 1. The van der Waals surface area contributed by atoms with Crippen molar-refractivity contribution < 1.29 is 23.8 Å². The maximum absolute atomic E-state index is 14.0. The van der Waals surface area contributed by atoms with Crippen LogP contribution in [0.2, 0.25) is 20.1 Å². The van der Waals surface area contributed by atoms with Gasteiger partial charge in [-0.25, -0.2) is 0 Å². The van der Waals surface area contributed by atoms with E-state index in [9.17, 15) is 14.7 Å². The van der Waals surface area contributed by atoms with Crippen LogP contribution in [0.1, 0.15) is 27.7 Å². The molecule has 0 saturated carbocycles. The fourth-order valence-corrected chi connectivity index (χ4v) is 7.34. The van der Waals surface area contributed by atoms with Gasteiger partial charge in [-0.3, -0.25) is 14.5 Å². The van der Waals surface area contributed by atoms with Gasteiger partial charge in [-0.2, -0.15) is 0 Å². The van der Waals surface area contributed by atoms with E-state index < -0.39 is 23.5 Å². The maximum atomic E-state index is 14.0. The lowest BCUT2D eigenvalue weighted by atomic mass is 9.95. The number of aromatic nitrogens is 2. The molecule has 5 aromatic rings. The minimum Gasteiger partial charge on any atom is -0.503 e. The third-order valence-electron chi connectivity index (χ3n) is 6.63. The van der Waals surface area contributed by atoms with E-state index in [1.165, 1.54) is 35.9 Å². The number of furan rings is 1.